The van der Waals surface area contributed by atoms with Crippen molar-refractivity contribution in [2.75, 3.05) is 12.3 Å². The molecule has 18 heavy (non-hydrogen) atoms. The van der Waals surface area contributed by atoms with Gasteiger partial charge in [0.05, 0.1) is 6.04 Å². The molecule has 1 unspecified atom stereocenters. The van der Waals surface area contributed by atoms with Crippen molar-refractivity contribution in [1.29, 1.82) is 0 Å². The van der Waals surface area contributed by atoms with Crippen LogP contribution >= 0.6 is 15.9 Å². The van der Waals surface area contributed by atoms with E-state index in [0.717, 1.165) is 16.6 Å². The molecule has 2 rings (SSSR count). The SMILES string of the molecule is CCNC(c1ccc(Br)cc1)c1cccnc1N. The molecule has 0 spiro atoms. The van der Waals surface area contributed by atoms with Crippen LogP contribution in [0.1, 0.15) is 24.1 Å². The van der Waals surface area contributed by atoms with Crippen molar-refractivity contribution in [3.63, 3.8) is 0 Å². The van der Waals surface area contributed by atoms with Crippen LogP contribution in [-0.2, 0) is 0 Å². The van der Waals surface area contributed by atoms with Gasteiger partial charge in [0, 0.05) is 16.2 Å². The van der Waals surface area contributed by atoms with Gasteiger partial charge in [0.15, 0.2) is 0 Å². The predicted molar refractivity (Wildman–Crippen MR) is 78.3 cm³/mol. The molecule has 3 N–H and O–H groups in total. The zero-order valence-corrected chi connectivity index (χ0v) is 11.8. The summed E-state index contributed by atoms with van der Waals surface area (Å²) in [6.45, 7) is 2.95. The van der Waals surface area contributed by atoms with Gasteiger partial charge in [0.2, 0.25) is 0 Å². The minimum absolute atomic E-state index is 0.0804. The lowest BCUT2D eigenvalue weighted by Gasteiger charge is -2.20. The number of nitrogen functional groups attached to an aromatic ring is 1. The van der Waals surface area contributed by atoms with Crippen LogP contribution in [0, 0.1) is 0 Å². The second-order valence-corrected chi connectivity index (χ2v) is 4.94. The fourth-order valence-corrected chi connectivity index (χ4v) is 2.21. The van der Waals surface area contributed by atoms with E-state index in [1.165, 1.54) is 5.56 Å². The van der Waals surface area contributed by atoms with Gasteiger partial charge < -0.3 is 11.1 Å². The number of halogens is 1. The molecule has 0 amide bonds. The fourth-order valence-electron chi connectivity index (χ4n) is 1.94. The quantitative estimate of drug-likeness (QED) is 0.912. The van der Waals surface area contributed by atoms with Crippen LogP contribution < -0.4 is 11.1 Å². The maximum absolute atomic E-state index is 5.96. The summed E-state index contributed by atoms with van der Waals surface area (Å²) in [6.07, 6.45) is 1.71. The van der Waals surface area contributed by atoms with Gasteiger partial charge in [-0.15, -0.1) is 0 Å². The molecule has 1 atom stereocenters. The number of nitrogens with one attached hydrogen (secondary N) is 1. The molecule has 0 fully saturated rings. The van der Waals surface area contributed by atoms with E-state index >= 15 is 0 Å². The number of rotatable bonds is 4. The Kier molecular flexibility index (Phi) is 4.33. The fraction of sp³-hybridized carbons (Fsp3) is 0.214. The first-order chi connectivity index (χ1) is 8.72. The van der Waals surface area contributed by atoms with Crippen LogP contribution in [0.5, 0.6) is 0 Å². The lowest BCUT2D eigenvalue weighted by molar-refractivity contribution is 0.630. The molecule has 0 aliphatic carbocycles. The third-order valence-corrected chi connectivity index (χ3v) is 3.32. The van der Waals surface area contributed by atoms with Gasteiger partial charge in [0.25, 0.3) is 0 Å². The van der Waals surface area contributed by atoms with Gasteiger partial charge in [-0.1, -0.05) is 41.1 Å². The van der Waals surface area contributed by atoms with Crippen molar-refractivity contribution >= 4 is 21.7 Å². The van der Waals surface area contributed by atoms with E-state index in [4.69, 9.17) is 5.73 Å². The summed E-state index contributed by atoms with van der Waals surface area (Å²) < 4.78 is 1.07. The third-order valence-electron chi connectivity index (χ3n) is 2.79. The molecule has 0 saturated heterocycles. The van der Waals surface area contributed by atoms with Crippen LogP contribution in [0.25, 0.3) is 0 Å². The lowest BCUT2D eigenvalue weighted by Crippen LogP contribution is -2.23. The van der Waals surface area contributed by atoms with E-state index in [2.05, 4.69) is 45.3 Å². The zero-order chi connectivity index (χ0) is 13.0. The van der Waals surface area contributed by atoms with Crippen molar-refractivity contribution in [2.45, 2.75) is 13.0 Å². The van der Waals surface area contributed by atoms with Crippen LogP contribution in [0.3, 0.4) is 0 Å². The largest absolute Gasteiger partial charge is 0.383 e. The average molecular weight is 306 g/mol. The Hall–Kier alpha value is -1.39. The number of aromatic nitrogens is 1. The van der Waals surface area contributed by atoms with Gasteiger partial charge in [-0.2, -0.15) is 0 Å². The molecule has 4 heteroatoms. The molecule has 3 nitrogen and oxygen atoms in total. The first kappa shape index (κ1) is 13.1. The van der Waals surface area contributed by atoms with E-state index in [1.807, 2.05) is 24.3 Å². The van der Waals surface area contributed by atoms with Crippen molar-refractivity contribution < 1.29 is 0 Å². The summed E-state index contributed by atoms with van der Waals surface area (Å²) in [6, 6.07) is 12.2. The molecule has 0 saturated carbocycles. The normalized spacial score (nSPS) is 12.3. The number of hydrogen-bond donors (Lipinski definition) is 2. The Balaban J connectivity index is 2.40. The van der Waals surface area contributed by atoms with Crippen molar-refractivity contribution in [2.24, 2.45) is 0 Å². The summed E-state index contributed by atoms with van der Waals surface area (Å²) in [5.74, 6) is 0.575. The van der Waals surface area contributed by atoms with Gasteiger partial charge in [0.1, 0.15) is 5.82 Å². The molecule has 94 valence electrons. The summed E-state index contributed by atoms with van der Waals surface area (Å²) >= 11 is 3.45. The Morgan fingerprint density at radius 2 is 2.00 bits per heavy atom. The molecule has 0 radical (unpaired) electrons. The van der Waals surface area contributed by atoms with Crippen LogP contribution in [0.2, 0.25) is 0 Å². The van der Waals surface area contributed by atoms with Gasteiger partial charge >= 0.3 is 0 Å². The first-order valence-electron chi connectivity index (χ1n) is 5.91. The number of anilines is 1. The highest BCUT2D eigenvalue weighted by molar-refractivity contribution is 9.10. The topological polar surface area (TPSA) is 50.9 Å². The molecule has 0 aliphatic heterocycles. The van der Waals surface area contributed by atoms with E-state index in [0.29, 0.717) is 5.82 Å². The third kappa shape index (κ3) is 2.89. The average Bonchev–Trinajstić information content (AvgIpc) is 2.38. The summed E-state index contributed by atoms with van der Waals surface area (Å²) in [7, 11) is 0. The molecular formula is C14H16BrN3. The molecule has 2 aromatic rings. The van der Waals surface area contributed by atoms with Crippen LogP contribution in [0.4, 0.5) is 5.82 Å². The van der Waals surface area contributed by atoms with E-state index in [9.17, 15) is 0 Å². The van der Waals surface area contributed by atoms with Crippen LogP contribution in [-0.4, -0.2) is 11.5 Å². The molecule has 0 aliphatic rings. The maximum atomic E-state index is 5.96. The van der Waals surface area contributed by atoms with E-state index < -0.39 is 0 Å². The number of benzene rings is 1. The minimum atomic E-state index is 0.0804. The molecule has 1 aromatic carbocycles. The number of pyridine rings is 1. The van der Waals surface area contributed by atoms with Gasteiger partial charge in [-0.3, -0.25) is 0 Å². The molecule has 1 heterocycles. The molecule has 1 aromatic heterocycles. The van der Waals surface area contributed by atoms with Gasteiger partial charge in [-0.25, -0.2) is 4.98 Å². The van der Waals surface area contributed by atoms with Crippen LogP contribution in [0.15, 0.2) is 47.1 Å². The summed E-state index contributed by atoms with van der Waals surface area (Å²) in [5, 5.41) is 3.44. The number of nitrogens with zero attached hydrogens (tertiary/aromatic N) is 1. The second-order valence-electron chi connectivity index (χ2n) is 4.02. The standard InChI is InChI=1S/C14H16BrN3/c1-2-17-13(10-5-7-11(15)8-6-10)12-4-3-9-18-14(12)16/h3-9,13,17H,2H2,1H3,(H2,16,18). The first-order valence-corrected chi connectivity index (χ1v) is 6.71. The minimum Gasteiger partial charge on any atom is -0.383 e. The molecule has 0 bridgehead atoms. The number of nitrogens with two attached hydrogens (primary N) is 1. The highest BCUT2D eigenvalue weighted by Gasteiger charge is 2.15. The van der Waals surface area contributed by atoms with Crippen molar-refractivity contribution in [3.8, 4) is 0 Å². The second kappa shape index (κ2) is 5.98. The Morgan fingerprint density at radius 3 is 2.61 bits per heavy atom. The molecular weight excluding hydrogens is 290 g/mol. The van der Waals surface area contributed by atoms with Gasteiger partial charge in [-0.05, 0) is 30.3 Å². The smallest absolute Gasteiger partial charge is 0.128 e. The Morgan fingerprint density at radius 1 is 1.28 bits per heavy atom. The summed E-state index contributed by atoms with van der Waals surface area (Å²) in [4.78, 5) is 4.15. The number of hydrogen-bond acceptors (Lipinski definition) is 3. The highest BCUT2D eigenvalue weighted by atomic mass is 79.9. The van der Waals surface area contributed by atoms with E-state index in [1.54, 1.807) is 6.20 Å². The highest BCUT2D eigenvalue weighted by Crippen LogP contribution is 2.26. The Labute approximate surface area is 116 Å². The van der Waals surface area contributed by atoms with E-state index in [-0.39, 0.29) is 6.04 Å². The Bertz CT molecular complexity index is 511. The van der Waals surface area contributed by atoms with Crippen molar-refractivity contribution in [3.05, 3.63) is 58.2 Å². The monoisotopic (exact) mass is 305 g/mol. The summed E-state index contributed by atoms with van der Waals surface area (Å²) in [5.41, 5.74) is 8.15. The lowest BCUT2D eigenvalue weighted by atomic mass is 9.99. The van der Waals surface area contributed by atoms with Crippen molar-refractivity contribution in [1.82, 2.24) is 10.3 Å². The zero-order valence-electron chi connectivity index (χ0n) is 10.2. The maximum Gasteiger partial charge on any atom is 0.128 e. The predicted octanol–water partition coefficient (Wildman–Crippen LogP) is 3.13.